The lowest BCUT2D eigenvalue weighted by atomic mass is 10.2. The third kappa shape index (κ3) is 3.02. The third-order valence-electron chi connectivity index (χ3n) is 2.52. The molecule has 2 rings (SSSR count). The summed E-state index contributed by atoms with van der Waals surface area (Å²) < 4.78 is 6.70. The van der Waals surface area contributed by atoms with Crippen molar-refractivity contribution in [1.82, 2.24) is 0 Å². The van der Waals surface area contributed by atoms with Gasteiger partial charge in [-0.2, -0.15) is 0 Å². The van der Waals surface area contributed by atoms with Crippen molar-refractivity contribution in [2.75, 3.05) is 0 Å². The van der Waals surface area contributed by atoms with Gasteiger partial charge in [0.1, 0.15) is 12.4 Å². The van der Waals surface area contributed by atoms with Crippen LogP contribution in [0.15, 0.2) is 46.9 Å². The van der Waals surface area contributed by atoms with Gasteiger partial charge in [-0.05, 0) is 30.2 Å². The van der Waals surface area contributed by atoms with Gasteiger partial charge in [-0.15, -0.1) is 0 Å². The quantitative estimate of drug-likeness (QED) is 0.776. The second kappa shape index (κ2) is 5.56. The summed E-state index contributed by atoms with van der Waals surface area (Å²) in [5.74, 6) is 0.719. The summed E-state index contributed by atoms with van der Waals surface area (Å²) in [6.07, 6.45) is 0. The molecule has 2 aromatic carbocycles. The van der Waals surface area contributed by atoms with E-state index in [9.17, 15) is 0 Å². The smallest absolute Gasteiger partial charge is 0.138 e. The number of benzene rings is 2. The summed E-state index contributed by atoms with van der Waals surface area (Å²) in [5.41, 5.74) is 2.13. The van der Waals surface area contributed by atoms with Crippen LogP contribution < -0.4 is 4.74 Å². The standard InChI is InChI=1S/C14H12BrClO/c1-10-12(15)7-8-13(14(10)16)17-9-11-5-3-2-4-6-11/h2-8H,9H2,1H3. The molecule has 0 aliphatic carbocycles. The lowest BCUT2D eigenvalue weighted by Gasteiger charge is -2.10. The normalized spacial score (nSPS) is 10.3. The van der Waals surface area contributed by atoms with Gasteiger partial charge in [-0.1, -0.05) is 57.9 Å². The zero-order valence-electron chi connectivity index (χ0n) is 9.41. The Morgan fingerprint density at radius 3 is 2.53 bits per heavy atom. The van der Waals surface area contributed by atoms with Crippen molar-refractivity contribution in [2.45, 2.75) is 13.5 Å². The molecule has 3 heteroatoms. The monoisotopic (exact) mass is 310 g/mol. The first-order valence-corrected chi connectivity index (χ1v) is 6.47. The van der Waals surface area contributed by atoms with E-state index in [0.29, 0.717) is 11.6 Å². The minimum absolute atomic E-state index is 0.529. The van der Waals surface area contributed by atoms with Crippen molar-refractivity contribution in [2.24, 2.45) is 0 Å². The van der Waals surface area contributed by atoms with Gasteiger partial charge in [-0.3, -0.25) is 0 Å². The van der Waals surface area contributed by atoms with E-state index in [1.54, 1.807) is 0 Å². The van der Waals surface area contributed by atoms with E-state index in [4.69, 9.17) is 16.3 Å². The van der Waals surface area contributed by atoms with Crippen LogP contribution in [-0.2, 0) is 6.61 Å². The Kier molecular flexibility index (Phi) is 4.08. The highest BCUT2D eigenvalue weighted by Gasteiger charge is 2.07. The van der Waals surface area contributed by atoms with Crippen molar-refractivity contribution in [3.63, 3.8) is 0 Å². The molecule has 0 N–H and O–H groups in total. The Morgan fingerprint density at radius 1 is 1.12 bits per heavy atom. The second-order valence-electron chi connectivity index (χ2n) is 3.76. The summed E-state index contributed by atoms with van der Waals surface area (Å²) in [5, 5.41) is 0.662. The van der Waals surface area contributed by atoms with E-state index in [0.717, 1.165) is 21.3 Å². The van der Waals surface area contributed by atoms with E-state index in [-0.39, 0.29) is 0 Å². The fourth-order valence-electron chi connectivity index (χ4n) is 1.48. The minimum atomic E-state index is 0.529. The summed E-state index contributed by atoms with van der Waals surface area (Å²) in [6.45, 7) is 2.49. The van der Waals surface area contributed by atoms with E-state index in [1.807, 2.05) is 49.4 Å². The summed E-state index contributed by atoms with van der Waals surface area (Å²) in [7, 11) is 0. The van der Waals surface area contributed by atoms with Gasteiger partial charge < -0.3 is 4.74 Å². The van der Waals surface area contributed by atoms with Crippen molar-refractivity contribution in [3.8, 4) is 5.75 Å². The van der Waals surface area contributed by atoms with Gasteiger partial charge in [-0.25, -0.2) is 0 Å². The molecule has 0 saturated heterocycles. The lowest BCUT2D eigenvalue weighted by Crippen LogP contribution is -1.96. The molecule has 0 heterocycles. The number of rotatable bonds is 3. The molecule has 0 saturated carbocycles. The predicted molar refractivity (Wildman–Crippen MR) is 74.7 cm³/mol. The Bertz CT molecular complexity index is 511. The molecule has 0 radical (unpaired) electrons. The van der Waals surface area contributed by atoms with Crippen LogP contribution in [-0.4, -0.2) is 0 Å². The van der Waals surface area contributed by atoms with E-state index < -0.39 is 0 Å². The Balaban J connectivity index is 2.13. The lowest BCUT2D eigenvalue weighted by molar-refractivity contribution is 0.306. The SMILES string of the molecule is Cc1c(Br)ccc(OCc2ccccc2)c1Cl. The maximum atomic E-state index is 6.21. The first-order valence-electron chi connectivity index (χ1n) is 5.30. The summed E-state index contributed by atoms with van der Waals surface area (Å²) in [4.78, 5) is 0. The molecule has 0 spiro atoms. The van der Waals surface area contributed by atoms with Gasteiger partial charge in [0.2, 0.25) is 0 Å². The molecular weight excluding hydrogens is 300 g/mol. The number of hydrogen-bond donors (Lipinski definition) is 0. The first kappa shape index (κ1) is 12.5. The van der Waals surface area contributed by atoms with Crippen LogP contribution in [0.1, 0.15) is 11.1 Å². The molecule has 0 atom stereocenters. The molecule has 0 unspecified atom stereocenters. The number of halogens is 2. The van der Waals surface area contributed by atoms with E-state index in [1.165, 1.54) is 0 Å². The molecule has 0 amide bonds. The largest absolute Gasteiger partial charge is 0.487 e. The summed E-state index contributed by atoms with van der Waals surface area (Å²) >= 11 is 9.65. The van der Waals surface area contributed by atoms with E-state index in [2.05, 4.69) is 15.9 Å². The van der Waals surface area contributed by atoms with Crippen LogP contribution in [0.2, 0.25) is 5.02 Å². The minimum Gasteiger partial charge on any atom is -0.487 e. The highest BCUT2D eigenvalue weighted by atomic mass is 79.9. The van der Waals surface area contributed by atoms with Crippen LogP contribution in [0, 0.1) is 6.92 Å². The molecule has 2 aromatic rings. The van der Waals surface area contributed by atoms with Crippen LogP contribution >= 0.6 is 27.5 Å². The molecule has 17 heavy (non-hydrogen) atoms. The number of hydrogen-bond acceptors (Lipinski definition) is 1. The van der Waals surface area contributed by atoms with Gasteiger partial charge >= 0.3 is 0 Å². The van der Waals surface area contributed by atoms with Crippen LogP contribution in [0.25, 0.3) is 0 Å². The van der Waals surface area contributed by atoms with Gasteiger partial charge in [0.25, 0.3) is 0 Å². The predicted octanol–water partition coefficient (Wildman–Crippen LogP) is 4.99. The molecule has 0 aliphatic heterocycles. The Hall–Kier alpha value is -0.990. The first-order chi connectivity index (χ1) is 8.18. The average Bonchev–Trinajstić information content (AvgIpc) is 2.36. The zero-order valence-corrected chi connectivity index (χ0v) is 11.8. The summed E-state index contributed by atoms with van der Waals surface area (Å²) in [6, 6.07) is 13.9. The van der Waals surface area contributed by atoms with Crippen molar-refractivity contribution in [3.05, 3.63) is 63.1 Å². The van der Waals surface area contributed by atoms with Crippen LogP contribution in [0.4, 0.5) is 0 Å². The molecule has 1 nitrogen and oxygen atoms in total. The topological polar surface area (TPSA) is 9.23 Å². The fourth-order valence-corrected chi connectivity index (χ4v) is 2.15. The molecule has 0 fully saturated rings. The third-order valence-corrected chi connectivity index (χ3v) is 3.85. The van der Waals surface area contributed by atoms with Crippen molar-refractivity contribution >= 4 is 27.5 Å². The van der Waals surface area contributed by atoms with Crippen molar-refractivity contribution in [1.29, 1.82) is 0 Å². The van der Waals surface area contributed by atoms with Gasteiger partial charge in [0, 0.05) is 4.47 Å². The van der Waals surface area contributed by atoms with Crippen LogP contribution in [0.5, 0.6) is 5.75 Å². The molecule has 0 aliphatic rings. The highest BCUT2D eigenvalue weighted by Crippen LogP contribution is 2.33. The van der Waals surface area contributed by atoms with Gasteiger partial charge in [0.05, 0.1) is 5.02 Å². The molecule has 0 aromatic heterocycles. The van der Waals surface area contributed by atoms with Gasteiger partial charge in [0.15, 0.2) is 0 Å². The van der Waals surface area contributed by atoms with Crippen LogP contribution in [0.3, 0.4) is 0 Å². The maximum absolute atomic E-state index is 6.21. The fraction of sp³-hybridized carbons (Fsp3) is 0.143. The zero-order chi connectivity index (χ0) is 12.3. The maximum Gasteiger partial charge on any atom is 0.138 e. The van der Waals surface area contributed by atoms with E-state index >= 15 is 0 Å². The number of ether oxygens (including phenoxy) is 1. The Labute approximate surface area is 115 Å². The molecular formula is C14H12BrClO. The molecule has 88 valence electrons. The van der Waals surface area contributed by atoms with Crippen molar-refractivity contribution < 1.29 is 4.74 Å². The highest BCUT2D eigenvalue weighted by molar-refractivity contribution is 9.10. The Morgan fingerprint density at radius 2 is 1.82 bits per heavy atom. The molecule has 0 bridgehead atoms. The average molecular weight is 312 g/mol. The second-order valence-corrected chi connectivity index (χ2v) is 4.99.